The van der Waals surface area contributed by atoms with Gasteiger partial charge in [0.25, 0.3) is 0 Å². The number of benzene rings is 1. The van der Waals surface area contributed by atoms with Gasteiger partial charge in [-0.25, -0.2) is 0 Å². The highest BCUT2D eigenvalue weighted by molar-refractivity contribution is 7.12. The summed E-state index contributed by atoms with van der Waals surface area (Å²) in [5.41, 5.74) is 6.45. The second-order valence-electron chi connectivity index (χ2n) is 13.1. The number of rotatable bonds is 5. The highest BCUT2D eigenvalue weighted by atomic mass is 32.1. The average Bonchev–Trinajstić information content (AvgIpc) is 3.61. The molecule has 7 nitrogen and oxygen atoms in total. The molecule has 5 aliphatic rings. The van der Waals surface area contributed by atoms with Gasteiger partial charge in [-0.3, -0.25) is 9.59 Å². The molecule has 8 heteroatoms. The summed E-state index contributed by atoms with van der Waals surface area (Å²) in [4.78, 5) is 27.9. The van der Waals surface area contributed by atoms with Crippen LogP contribution >= 0.6 is 11.3 Å². The van der Waals surface area contributed by atoms with Crippen molar-refractivity contribution < 1.29 is 29.3 Å². The van der Waals surface area contributed by atoms with Gasteiger partial charge in [0.05, 0.1) is 17.1 Å². The molecular weight excluding hydrogens is 538 g/mol. The number of nitrogen functional groups attached to an aromatic ring is 1. The van der Waals surface area contributed by atoms with Crippen molar-refractivity contribution in [1.82, 2.24) is 0 Å². The van der Waals surface area contributed by atoms with Crippen LogP contribution in [0.1, 0.15) is 61.1 Å². The summed E-state index contributed by atoms with van der Waals surface area (Å²) in [5, 5.41) is 22.0. The van der Waals surface area contributed by atoms with Gasteiger partial charge in [0, 0.05) is 33.7 Å². The number of nitrogens with two attached hydrogens (primary N) is 1. The maximum absolute atomic E-state index is 13.7. The highest BCUT2D eigenvalue weighted by Crippen LogP contribution is 2.70. The highest BCUT2D eigenvalue weighted by Gasteiger charge is 2.76. The zero-order valence-electron chi connectivity index (χ0n) is 23.4. The van der Waals surface area contributed by atoms with E-state index in [1.165, 1.54) is 0 Å². The molecular formula is C33H37NO6S. The number of hydrogen-bond donors (Lipinski definition) is 3. The lowest BCUT2D eigenvalue weighted by Gasteiger charge is -2.59. The van der Waals surface area contributed by atoms with Crippen molar-refractivity contribution in [3.05, 3.63) is 75.5 Å². The maximum atomic E-state index is 13.7. The van der Waals surface area contributed by atoms with Crippen LogP contribution in [0.5, 0.6) is 0 Å². The second-order valence-corrected chi connectivity index (χ2v) is 14.3. The third-order valence-electron chi connectivity index (χ3n) is 11.0. The van der Waals surface area contributed by atoms with Gasteiger partial charge in [-0.2, -0.15) is 0 Å². The Hall–Kier alpha value is -2.62. The summed E-state index contributed by atoms with van der Waals surface area (Å²) in [7, 11) is 0. The SMILES string of the molecule is C[C@]12C=CC(=O)C=C1CC[C@@H]1C2[C@@H](O)C[C@@]2(C)C1C[C@H]1O[C@@H](c3ccc(Cc4cccc(N)c4)s3)O[C@]12C(=O)CO. The van der Waals surface area contributed by atoms with Gasteiger partial charge in [-0.1, -0.05) is 37.6 Å². The largest absolute Gasteiger partial charge is 0.399 e. The molecule has 0 bridgehead atoms. The van der Waals surface area contributed by atoms with E-state index in [4.69, 9.17) is 15.2 Å². The molecule has 1 aliphatic heterocycles. The molecule has 1 aromatic carbocycles. The zero-order valence-corrected chi connectivity index (χ0v) is 24.2. The first-order valence-corrected chi connectivity index (χ1v) is 15.4. The third kappa shape index (κ3) is 3.84. The minimum Gasteiger partial charge on any atom is -0.399 e. The van der Waals surface area contributed by atoms with Crippen molar-refractivity contribution in [2.24, 2.45) is 28.6 Å². The molecule has 1 saturated heterocycles. The molecule has 1 aromatic heterocycles. The number of fused-ring (bicyclic) bond motifs is 7. The number of carbonyl (C=O) groups excluding carboxylic acids is 2. The predicted octanol–water partition coefficient (Wildman–Crippen LogP) is 4.52. The van der Waals surface area contributed by atoms with Gasteiger partial charge in [0.15, 0.2) is 23.5 Å². The zero-order chi connectivity index (χ0) is 28.7. The number of carbonyl (C=O) groups is 2. The van der Waals surface area contributed by atoms with Crippen molar-refractivity contribution in [2.75, 3.05) is 12.3 Å². The van der Waals surface area contributed by atoms with Crippen LogP contribution in [0.25, 0.3) is 0 Å². The minimum atomic E-state index is -1.34. The number of anilines is 1. The lowest BCUT2D eigenvalue weighted by atomic mass is 9.46. The Kier molecular flexibility index (Phi) is 6.27. The molecule has 4 fully saturated rings. The molecule has 4 N–H and O–H groups in total. The molecule has 2 unspecified atom stereocenters. The molecule has 9 atom stereocenters. The van der Waals surface area contributed by atoms with Gasteiger partial charge < -0.3 is 25.4 Å². The van der Waals surface area contributed by atoms with E-state index >= 15 is 0 Å². The lowest BCUT2D eigenvalue weighted by Crippen LogP contribution is -2.63. The molecule has 0 amide bonds. The van der Waals surface area contributed by atoms with Crippen LogP contribution in [-0.4, -0.2) is 46.2 Å². The van der Waals surface area contributed by atoms with E-state index in [-0.39, 0.29) is 29.3 Å². The molecule has 7 rings (SSSR count). The molecule has 3 saturated carbocycles. The summed E-state index contributed by atoms with van der Waals surface area (Å²) in [6.45, 7) is 3.56. The third-order valence-corrected chi connectivity index (χ3v) is 12.1. The van der Waals surface area contributed by atoms with Gasteiger partial charge in [0.2, 0.25) is 0 Å². The van der Waals surface area contributed by atoms with E-state index in [2.05, 4.69) is 19.9 Å². The first-order chi connectivity index (χ1) is 19.6. The molecule has 0 spiro atoms. The van der Waals surface area contributed by atoms with Crippen LogP contribution < -0.4 is 5.73 Å². The Balaban J connectivity index is 1.19. The number of Topliss-reactive ketones (excluding diaryl/α,β-unsaturated/α-hetero) is 1. The Morgan fingerprint density at radius 2 is 2.05 bits per heavy atom. The van der Waals surface area contributed by atoms with Crippen LogP contribution in [0.3, 0.4) is 0 Å². The van der Waals surface area contributed by atoms with E-state index in [0.29, 0.717) is 12.8 Å². The van der Waals surface area contributed by atoms with Crippen LogP contribution in [-0.2, 0) is 25.5 Å². The smallest absolute Gasteiger partial charge is 0.194 e. The minimum absolute atomic E-state index is 0.00596. The Bertz CT molecular complexity index is 1480. The molecule has 0 radical (unpaired) electrons. The van der Waals surface area contributed by atoms with Gasteiger partial charge in [-0.15, -0.1) is 11.3 Å². The number of aliphatic hydroxyl groups excluding tert-OH is 2. The fourth-order valence-electron chi connectivity index (χ4n) is 9.33. The van der Waals surface area contributed by atoms with Gasteiger partial charge in [0.1, 0.15) is 6.61 Å². The fraction of sp³-hybridized carbons (Fsp3) is 0.515. The van der Waals surface area contributed by atoms with Crippen molar-refractivity contribution in [2.45, 2.75) is 70.1 Å². The summed E-state index contributed by atoms with van der Waals surface area (Å²) in [6.07, 6.45) is 6.80. The molecule has 4 aliphatic carbocycles. The Morgan fingerprint density at radius 3 is 2.83 bits per heavy atom. The summed E-state index contributed by atoms with van der Waals surface area (Å²) >= 11 is 1.59. The van der Waals surface area contributed by atoms with Crippen molar-refractivity contribution in [3.8, 4) is 0 Å². The number of aliphatic hydroxyl groups is 2. The van der Waals surface area contributed by atoms with Crippen LogP contribution in [0, 0.1) is 28.6 Å². The fourth-order valence-corrected chi connectivity index (χ4v) is 10.3. The number of ether oxygens (including phenoxy) is 2. The van der Waals surface area contributed by atoms with Crippen LogP contribution in [0.2, 0.25) is 0 Å². The monoisotopic (exact) mass is 575 g/mol. The average molecular weight is 576 g/mol. The standard InChI is InChI=1S/C33H37NO6S/c1-31-11-10-21(36)14-19(31)6-8-23-24-15-28-33(27(38)17-35,32(24,2)16-25(37)29(23)31)40-30(39-28)26-9-7-22(41-26)13-18-4-3-5-20(34)12-18/h3-5,7,9-12,14,23-25,28-30,35,37H,6,8,13,15-17,34H2,1-2H3/t23-,24?,25-,28+,29?,30+,31-,32-,33+/m0/s1. The van der Waals surface area contributed by atoms with Crippen LogP contribution in [0.15, 0.2) is 60.2 Å². The normalized spacial score (nSPS) is 40.9. The molecule has 2 heterocycles. The summed E-state index contributed by atoms with van der Waals surface area (Å²) in [5.74, 6) is -0.221. The number of thiophene rings is 1. The number of ketones is 2. The van der Waals surface area contributed by atoms with E-state index in [0.717, 1.165) is 45.8 Å². The van der Waals surface area contributed by atoms with E-state index in [1.54, 1.807) is 23.5 Å². The predicted molar refractivity (Wildman–Crippen MR) is 155 cm³/mol. The topological polar surface area (TPSA) is 119 Å². The van der Waals surface area contributed by atoms with Gasteiger partial charge in [-0.05, 0) is 79.5 Å². The van der Waals surface area contributed by atoms with E-state index < -0.39 is 41.5 Å². The number of hydrogen-bond acceptors (Lipinski definition) is 8. The first kappa shape index (κ1) is 27.2. The molecule has 41 heavy (non-hydrogen) atoms. The van der Waals surface area contributed by atoms with Crippen LogP contribution in [0.4, 0.5) is 5.69 Å². The van der Waals surface area contributed by atoms with Crippen molar-refractivity contribution in [1.29, 1.82) is 0 Å². The second kappa shape index (κ2) is 9.44. The van der Waals surface area contributed by atoms with E-state index in [1.807, 2.05) is 36.4 Å². The quantitative estimate of drug-likeness (QED) is 0.449. The maximum Gasteiger partial charge on any atom is 0.194 e. The first-order valence-electron chi connectivity index (χ1n) is 14.6. The Labute approximate surface area is 244 Å². The lowest BCUT2D eigenvalue weighted by molar-refractivity contribution is -0.200. The number of allylic oxidation sites excluding steroid dienone is 4. The van der Waals surface area contributed by atoms with Crippen molar-refractivity contribution >= 4 is 28.6 Å². The molecule has 2 aromatic rings. The van der Waals surface area contributed by atoms with Crippen molar-refractivity contribution in [3.63, 3.8) is 0 Å². The molecule has 216 valence electrons. The van der Waals surface area contributed by atoms with E-state index in [9.17, 15) is 19.8 Å². The Morgan fingerprint density at radius 1 is 1.22 bits per heavy atom. The summed E-state index contributed by atoms with van der Waals surface area (Å²) < 4.78 is 13.3. The van der Waals surface area contributed by atoms with Gasteiger partial charge >= 0.3 is 0 Å². The summed E-state index contributed by atoms with van der Waals surface area (Å²) in [6, 6.07) is 11.9.